The van der Waals surface area contributed by atoms with Crippen LogP contribution in [0.1, 0.15) is 0 Å². The van der Waals surface area contributed by atoms with Gasteiger partial charge in [-0.15, -0.1) is 5.10 Å². The summed E-state index contributed by atoms with van der Waals surface area (Å²) in [5.41, 5.74) is 0. The number of nitrogens with zero attached hydrogens (tertiary/aromatic N) is 2. The highest BCUT2D eigenvalue weighted by Crippen LogP contribution is 2.07. The van der Waals surface area contributed by atoms with E-state index in [0.29, 0.717) is 11.5 Å². The number of carbonyl (C=O) groups excluding carboxylic acids is 1. The molecule has 0 spiro atoms. The van der Waals surface area contributed by atoms with Gasteiger partial charge in [-0.3, -0.25) is 5.32 Å². The highest BCUT2D eigenvalue weighted by Gasteiger charge is 2.00. The number of hydrogen-bond donors (Lipinski definition) is 2. The van der Waals surface area contributed by atoms with E-state index in [-0.39, 0.29) is 6.03 Å². The fourth-order valence-corrected chi connectivity index (χ4v) is 1.15. The summed E-state index contributed by atoms with van der Waals surface area (Å²) in [6.45, 7) is 0.595. The van der Waals surface area contributed by atoms with E-state index in [9.17, 15) is 4.79 Å². The summed E-state index contributed by atoms with van der Waals surface area (Å²) in [5.74, 6) is 0. The van der Waals surface area contributed by atoms with Crippen molar-refractivity contribution in [1.29, 1.82) is 0 Å². The maximum absolute atomic E-state index is 11.0. The first kappa shape index (κ1) is 9.40. The molecular weight excluding hydrogens is 244 g/mol. The fraction of sp³-hybridized carbons (Fsp3) is 0.400. The lowest BCUT2D eigenvalue weighted by molar-refractivity contribution is 0.252. The van der Waals surface area contributed by atoms with Gasteiger partial charge in [-0.05, 0) is 0 Å². The Morgan fingerprint density at radius 2 is 2.58 bits per heavy atom. The van der Waals surface area contributed by atoms with Crippen LogP contribution in [0.5, 0.6) is 0 Å². The van der Waals surface area contributed by atoms with Crippen LogP contribution in [-0.2, 0) is 0 Å². The Hall–Kier alpha value is -0.690. The normalized spacial score (nSPS) is 9.42. The second kappa shape index (κ2) is 5.04. The van der Waals surface area contributed by atoms with Crippen LogP contribution in [0.3, 0.4) is 0 Å². The Balaban J connectivity index is 2.27. The molecule has 0 aliphatic heterocycles. The SMILES string of the molecule is O=C(NCCBr)Nc1cnns1. The molecule has 0 bridgehead atoms. The van der Waals surface area contributed by atoms with Gasteiger partial charge in [0.1, 0.15) is 5.00 Å². The molecule has 0 saturated heterocycles. The molecule has 66 valence electrons. The van der Waals surface area contributed by atoms with Crippen molar-refractivity contribution in [1.82, 2.24) is 14.9 Å². The lowest BCUT2D eigenvalue weighted by Crippen LogP contribution is -2.29. The van der Waals surface area contributed by atoms with Gasteiger partial charge in [-0.25, -0.2) is 4.79 Å². The average Bonchev–Trinajstić information content (AvgIpc) is 2.53. The molecule has 12 heavy (non-hydrogen) atoms. The molecule has 2 amide bonds. The van der Waals surface area contributed by atoms with Crippen molar-refractivity contribution in [2.75, 3.05) is 17.2 Å². The maximum atomic E-state index is 11.0. The summed E-state index contributed by atoms with van der Waals surface area (Å²) < 4.78 is 3.60. The van der Waals surface area contributed by atoms with Crippen molar-refractivity contribution >= 4 is 38.5 Å². The molecule has 2 N–H and O–H groups in total. The largest absolute Gasteiger partial charge is 0.337 e. The van der Waals surface area contributed by atoms with Crippen LogP contribution in [0, 0.1) is 0 Å². The van der Waals surface area contributed by atoms with E-state index >= 15 is 0 Å². The average molecular weight is 251 g/mol. The summed E-state index contributed by atoms with van der Waals surface area (Å²) >= 11 is 4.33. The predicted molar refractivity (Wildman–Crippen MR) is 50.7 cm³/mol. The van der Waals surface area contributed by atoms with Crippen LogP contribution in [0.4, 0.5) is 9.80 Å². The highest BCUT2D eigenvalue weighted by molar-refractivity contribution is 9.09. The summed E-state index contributed by atoms with van der Waals surface area (Å²) in [6.07, 6.45) is 1.50. The van der Waals surface area contributed by atoms with Crippen LogP contribution < -0.4 is 10.6 Å². The molecule has 1 rings (SSSR count). The third-order valence-electron chi connectivity index (χ3n) is 0.978. The van der Waals surface area contributed by atoms with Crippen molar-refractivity contribution in [3.8, 4) is 0 Å². The number of halogens is 1. The number of carbonyl (C=O) groups is 1. The molecule has 0 fully saturated rings. The number of rotatable bonds is 3. The number of aromatic nitrogens is 2. The zero-order chi connectivity index (χ0) is 8.81. The second-order valence-electron chi connectivity index (χ2n) is 1.85. The summed E-state index contributed by atoms with van der Waals surface area (Å²) in [4.78, 5) is 11.0. The van der Waals surface area contributed by atoms with Crippen molar-refractivity contribution in [2.24, 2.45) is 0 Å². The van der Waals surface area contributed by atoms with Crippen LogP contribution in [0.25, 0.3) is 0 Å². The van der Waals surface area contributed by atoms with E-state index in [1.165, 1.54) is 6.20 Å². The summed E-state index contributed by atoms with van der Waals surface area (Å²) in [6, 6.07) is -0.236. The molecule has 0 aromatic carbocycles. The highest BCUT2D eigenvalue weighted by atomic mass is 79.9. The quantitative estimate of drug-likeness (QED) is 0.789. The third-order valence-corrected chi connectivity index (χ3v) is 1.95. The van der Waals surface area contributed by atoms with Crippen LogP contribution >= 0.6 is 27.5 Å². The van der Waals surface area contributed by atoms with Gasteiger partial charge in [0, 0.05) is 23.4 Å². The minimum absolute atomic E-state index is 0.236. The smallest absolute Gasteiger partial charge is 0.319 e. The standard InChI is InChI=1S/C5H7BrN4OS/c6-1-2-7-5(11)9-4-3-8-10-12-4/h3H,1-2H2,(H2,7,9,11). The molecule has 0 unspecified atom stereocenters. The Morgan fingerprint density at radius 1 is 1.75 bits per heavy atom. The fourth-order valence-electron chi connectivity index (χ4n) is 0.539. The number of hydrogen-bond acceptors (Lipinski definition) is 4. The van der Waals surface area contributed by atoms with Crippen LogP contribution in [-0.4, -0.2) is 27.5 Å². The first-order valence-corrected chi connectivity index (χ1v) is 5.10. The zero-order valence-electron chi connectivity index (χ0n) is 6.08. The van der Waals surface area contributed by atoms with E-state index in [4.69, 9.17) is 0 Å². The van der Waals surface area contributed by atoms with Gasteiger partial charge in [0.2, 0.25) is 0 Å². The molecule has 0 aliphatic carbocycles. The van der Waals surface area contributed by atoms with E-state index in [1.807, 2.05) is 0 Å². The lowest BCUT2D eigenvalue weighted by atomic mass is 10.7. The molecule has 1 aromatic rings. The lowest BCUT2D eigenvalue weighted by Gasteiger charge is -2.01. The number of urea groups is 1. The van der Waals surface area contributed by atoms with Crippen LogP contribution in [0.2, 0.25) is 0 Å². The van der Waals surface area contributed by atoms with Crippen molar-refractivity contribution in [3.05, 3.63) is 6.20 Å². The van der Waals surface area contributed by atoms with Crippen LogP contribution in [0.15, 0.2) is 6.20 Å². The van der Waals surface area contributed by atoms with Crippen molar-refractivity contribution in [2.45, 2.75) is 0 Å². The Labute approximate surface area is 81.8 Å². The van der Waals surface area contributed by atoms with Gasteiger partial charge < -0.3 is 5.32 Å². The number of amides is 2. The monoisotopic (exact) mass is 250 g/mol. The van der Waals surface area contributed by atoms with Gasteiger partial charge in [0.15, 0.2) is 0 Å². The Morgan fingerprint density at radius 3 is 3.17 bits per heavy atom. The van der Waals surface area contributed by atoms with Crippen molar-refractivity contribution in [3.63, 3.8) is 0 Å². The van der Waals surface area contributed by atoms with E-state index in [0.717, 1.165) is 16.9 Å². The number of nitrogens with one attached hydrogen (secondary N) is 2. The molecule has 1 aromatic heterocycles. The van der Waals surface area contributed by atoms with Crippen molar-refractivity contribution < 1.29 is 4.79 Å². The van der Waals surface area contributed by atoms with Gasteiger partial charge in [-0.2, -0.15) is 0 Å². The maximum Gasteiger partial charge on any atom is 0.319 e. The summed E-state index contributed by atoms with van der Waals surface area (Å²) in [7, 11) is 0. The predicted octanol–water partition coefficient (Wildman–Crippen LogP) is 1.05. The number of alkyl halides is 1. The molecule has 0 saturated carbocycles. The topological polar surface area (TPSA) is 66.9 Å². The molecule has 0 atom stereocenters. The van der Waals surface area contributed by atoms with Gasteiger partial charge in [0.05, 0.1) is 6.20 Å². The molecule has 1 heterocycles. The minimum atomic E-state index is -0.236. The summed E-state index contributed by atoms with van der Waals surface area (Å²) in [5, 5.41) is 10.2. The van der Waals surface area contributed by atoms with Gasteiger partial charge >= 0.3 is 6.03 Å². The van der Waals surface area contributed by atoms with E-state index in [1.54, 1.807) is 0 Å². The first-order chi connectivity index (χ1) is 5.83. The molecule has 7 heteroatoms. The zero-order valence-corrected chi connectivity index (χ0v) is 8.48. The number of anilines is 1. The third kappa shape index (κ3) is 3.14. The van der Waals surface area contributed by atoms with Gasteiger partial charge in [-0.1, -0.05) is 20.4 Å². The molecular formula is C5H7BrN4OS. The second-order valence-corrected chi connectivity index (χ2v) is 3.43. The molecule has 5 nitrogen and oxygen atoms in total. The Kier molecular flexibility index (Phi) is 3.95. The van der Waals surface area contributed by atoms with E-state index in [2.05, 4.69) is 36.2 Å². The van der Waals surface area contributed by atoms with E-state index < -0.39 is 0 Å². The van der Waals surface area contributed by atoms with Gasteiger partial charge in [0.25, 0.3) is 0 Å². The minimum Gasteiger partial charge on any atom is -0.337 e. The first-order valence-electron chi connectivity index (χ1n) is 3.21. The molecule has 0 radical (unpaired) electrons. The Bertz CT molecular complexity index is 240. The molecule has 0 aliphatic rings.